The highest BCUT2D eigenvalue weighted by Crippen LogP contribution is 2.27. The van der Waals surface area contributed by atoms with E-state index in [1.807, 2.05) is 0 Å². The third-order valence-corrected chi connectivity index (χ3v) is 2.75. The van der Waals surface area contributed by atoms with Gasteiger partial charge in [-0.3, -0.25) is 10.1 Å². The summed E-state index contributed by atoms with van der Waals surface area (Å²) in [6.45, 7) is 0. The van der Waals surface area contributed by atoms with Crippen LogP contribution in [-0.2, 0) is 0 Å². The maximum atomic E-state index is 11.1. The van der Waals surface area contributed by atoms with Crippen LogP contribution in [0.3, 0.4) is 0 Å². The first kappa shape index (κ1) is 11.9. The van der Waals surface area contributed by atoms with Crippen molar-refractivity contribution in [2.45, 2.75) is 0 Å². The predicted molar refractivity (Wildman–Crippen MR) is 67.4 cm³/mol. The standard InChI is InChI=1S/C12H7N3O5/c16-12(17)6-2-1-3-7-10(6)14-11(13-7)8-4-5-9(20-8)15(18)19/h1-5H,(H,13,14)(H,16,17). The lowest BCUT2D eigenvalue weighted by atomic mass is 10.2. The molecule has 0 saturated carbocycles. The van der Waals surface area contributed by atoms with Crippen molar-refractivity contribution in [2.75, 3.05) is 0 Å². The van der Waals surface area contributed by atoms with Gasteiger partial charge in [0, 0.05) is 0 Å². The number of nitrogens with one attached hydrogen (secondary N) is 1. The second-order valence-electron chi connectivity index (χ2n) is 3.99. The minimum atomic E-state index is -1.10. The molecule has 0 bridgehead atoms. The van der Waals surface area contributed by atoms with Gasteiger partial charge in [-0.1, -0.05) is 6.07 Å². The Bertz CT molecular complexity index is 833. The molecule has 0 amide bonds. The van der Waals surface area contributed by atoms with E-state index < -0.39 is 16.8 Å². The molecule has 0 aliphatic carbocycles. The first-order valence-corrected chi connectivity index (χ1v) is 5.53. The molecule has 20 heavy (non-hydrogen) atoms. The third-order valence-electron chi connectivity index (χ3n) is 2.75. The van der Waals surface area contributed by atoms with E-state index in [1.54, 1.807) is 12.1 Å². The molecule has 1 aromatic carbocycles. The van der Waals surface area contributed by atoms with Gasteiger partial charge in [0.25, 0.3) is 0 Å². The summed E-state index contributed by atoms with van der Waals surface area (Å²) >= 11 is 0. The molecule has 3 rings (SSSR count). The highest BCUT2D eigenvalue weighted by Gasteiger charge is 2.18. The molecule has 3 aromatic rings. The molecule has 0 aliphatic rings. The first-order valence-electron chi connectivity index (χ1n) is 5.53. The summed E-state index contributed by atoms with van der Waals surface area (Å²) in [5, 5.41) is 19.6. The van der Waals surface area contributed by atoms with Gasteiger partial charge in [-0.05, 0) is 18.2 Å². The molecule has 8 nitrogen and oxygen atoms in total. The fourth-order valence-electron chi connectivity index (χ4n) is 1.87. The fourth-order valence-corrected chi connectivity index (χ4v) is 1.87. The van der Waals surface area contributed by atoms with Crippen molar-refractivity contribution >= 4 is 22.9 Å². The van der Waals surface area contributed by atoms with Gasteiger partial charge in [-0.25, -0.2) is 9.78 Å². The minimum Gasteiger partial charge on any atom is -0.478 e. The van der Waals surface area contributed by atoms with Crippen molar-refractivity contribution in [3.8, 4) is 11.6 Å². The maximum absolute atomic E-state index is 11.1. The number of aromatic nitrogens is 2. The molecule has 100 valence electrons. The fraction of sp³-hybridized carbons (Fsp3) is 0. The van der Waals surface area contributed by atoms with Gasteiger partial charge >= 0.3 is 11.9 Å². The summed E-state index contributed by atoms with van der Waals surface area (Å²) < 4.78 is 5.02. The highest BCUT2D eigenvalue weighted by atomic mass is 16.6. The number of furan rings is 1. The molecule has 8 heteroatoms. The molecule has 0 unspecified atom stereocenters. The number of hydrogen-bond donors (Lipinski definition) is 2. The van der Waals surface area contributed by atoms with Crippen LogP contribution in [0.25, 0.3) is 22.6 Å². The van der Waals surface area contributed by atoms with E-state index in [0.29, 0.717) is 5.52 Å². The SMILES string of the molecule is O=C(O)c1cccc2[nH]c(-c3ccc([N+](=O)[O-])o3)nc12. The lowest BCUT2D eigenvalue weighted by Gasteiger charge is -1.93. The predicted octanol–water partition coefficient (Wildman–Crippen LogP) is 2.43. The number of rotatable bonds is 3. The molecule has 0 atom stereocenters. The number of aromatic carboxylic acids is 1. The van der Waals surface area contributed by atoms with Crippen LogP contribution in [0.2, 0.25) is 0 Å². The molecule has 0 fully saturated rings. The lowest BCUT2D eigenvalue weighted by Crippen LogP contribution is -1.96. The van der Waals surface area contributed by atoms with Crippen molar-refractivity contribution in [1.29, 1.82) is 0 Å². The molecule has 2 N–H and O–H groups in total. The van der Waals surface area contributed by atoms with E-state index in [1.165, 1.54) is 18.2 Å². The van der Waals surface area contributed by atoms with E-state index in [0.717, 1.165) is 0 Å². The van der Waals surface area contributed by atoms with Gasteiger partial charge in [-0.15, -0.1) is 0 Å². The smallest absolute Gasteiger partial charge is 0.433 e. The topological polar surface area (TPSA) is 122 Å². The molecule has 0 spiro atoms. The molecular formula is C12H7N3O5. The van der Waals surface area contributed by atoms with Crippen LogP contribution < -0.4 is 0 Å². The molecular weight excluding hydrogens is 266 g/mol. The minimum absolute atomic E-state index is 0.0473. The number of nitro groups is 1. The maximum Gasteiger partial charge on any atom is 0.433 e. The van der Waals surface area contributed by atoms with E-state index in [9.17, 15) is 14.9 Å². The average molecular weight is 273 g/mol. The average Bonchev–Trinajstić information content (AvgIpc) is 3.04. The number of benzene rings is 1. The van der Waals surface area contributed by atoms with Crippen LogP contribution in [0.4, 0.5) is 5.88 Å². The molecule has 0 aliphatic heterocycles. The number of fused-ring (bicyclic) bond motifs is 1. The van der Waals surface area contributed by atoms with Crippen LogP contribution >= 0.6 is 0 Å². The molecule has 0 saturated heterocycles. The van der Waals surface area contributed by atoms with E-state index >= 15 is 0 Å². The largest absolute Gasteiger partial charge is 0.478 e. The monoisotopic (exact) mass is 273 g/mol. The first-order chi connectivity index (χ1) is 9.56. The van der Waals surface area contributed by atoms with Crippen LogP contribution in [0, 0.1) is 10.1 Å². The number of carboxylic acids is 1. The summed E-state index contributed by atoms with van der Waals surface area (Å²) in [7, 11) is 0. The summed E-state index contributed by atoms with van der Waals surface area (Å²) in [6, 6.07) is 7.28. The van der Waals surface area contributed by atoms with E-state index in [4.69, 9.17) is 9.52 Å². The normalized spacial score (nSPS) is 10.8. The number of H-pyrrole nitrogens is 1. The number of carboxylic acid groups (broad SMARTS) is 1. The number of nitrogens with zero attached hydrogens (tertiary/aromatic N) is 2. The Kier molecular flexibility index (Phi) is 2.50. The van der Waals surface area contributed by atoms with Gasteiger partial charge in [0.15, 0.2) is 11.6 Å². The Morgan fingerprint density at radius 1 is 1.35 bits per heavy atom. The Morgan fingerprint density at radius 2 is 2.15 bits per heavy atom. The Morgan fingerprint density at radius 3 is 2.80 bits per heavy atom. The second kappa shape index (κ2) is 4.19. The summed E-state index contributed by atoms with van der Waals surface area (Å²) in [6.07, 6.45) is 0. The molecule has 0 radical (unpaired) electrons. The van der Waals surface area contributed by atoms with Crippen molar-refractivity contribution in [2.24, 2.45) is 0 Å². The molecule has 2 aromatic heterocycles. The second-order valence-corrected chi connectivity index (χ2v) is 3.99. The van der Waals surface area contributed by atoms with Crippen molar-refractivity contribution in [1.82, 2.24) is 9.97 Å². The van der Waals surface area contributed by atoms with Gasteiger partial charge in [-0.2, -0.15) is 0 Å². The summed E-state index contributed by atoms with van der Waals surface area (Å²) in [4.78, 5) is 28.0. The zero-order chi connectivity index (χ0) is 14.3. The van der Waals surface area contributed by atoms with Gasteiger partial charge < -0.3 is 14.5 Å². The van der Waals surface area contributed by atoms with Gasteiger partial charge in [0.05, 0.1) is 17.1 Å². The zero-order valence-corrected chi connectivity index (χ0v) is 9.86. The third kappa shape index (κ3) is 1.79. The lowest BCUT2D eigenvalue weighted by molar-refractivity contribution is -0.401. The van der Waals surface area contributed by atoms with Crippen molar-refractivity contribution in [3.05, 3.63) is 46.0 Å². The van der Waals surface area contributed by atoms with E-state index in [-0.39, 0.29) is 22.7 Å². The Labute approximate surface area is 110 Å². The zero-order valence-electron chi connectivity index (χ0n) is 9.86. The van der Waals surface area contributed by atoms with Crippen LogP contribution in [0.1, 0.15) is 10.4 Å². The van der Waals surface area contributed by atoms with Crippen LogP contribution in [0.15, 0.2) is 34.7 Å². The van der Waals surface area contributed by atoms with Crippen molar-refractivity contribution < 1.29 is 19.2 Å². The highest BCUT2D eigenvalue weighted by molar-refractivity contribution is 6.01. The number of aromatic amines is 1. The van der Waals surface area contributed by atoms with E-state index in [2.05, 4.69) is 9.97 Å². The van der Waals surface area contributed by atoms with Gasteiger partial charge in [0.2, 0.25) is 0 Å². The number of hydrogen-bond acceptors (Lipinski definition) is 5. The number of imidazole rings is 1. The Hall–Kier alpha value is -3.16. The van der Waals surface area contributed by atoms with Gasteiger partial charge in [0.1, 0.15) is 10.4 Å². The molecule has 2 heterocycles. The number of carbonyl (C=O) groups is 1. The summed E-state index contributed by atoms with van der Waals surface area (Å²) in [5.41, 5.74) is 0.832. The van der Waals surface area contributed by atoms with Crippen molar-refractivity contribution in [3.63, 3.8) is 0 Å². The summed E-state index contributed by atoms with van der Waals surface area (Å²) in [5.74, 6) is -1.09. The quantitative estimate of drug-likeness (QED) is 0.558. The Balaban J connectivity index is 2.15. The number of para-hydroxylation sites is 1. The van der Waals surface area contributed by atoms with Crippen LogP contribution in [0.5, 0.6) is 0 Å². The van der Waals surface area contributed by atoms with Crippen LogP contribution in [-0.4, -0.2) is 26.0 Å².